The molecule has 0 aliphatic heterocycles. The largest absolute Gasteiger partial charge is 0.459 e. The summed E-state index contributed by atoms with van der Waals surface area (Å²) in [5.41, 5.74) is 3.53. The maximum Gasteiger partial charge on any atom is 0.329 e. The lowest BCUT2D eigenvalue weighted by atomic mass is 10.1. The van der Waals surface area contributed by atoms with Gasteiger partial charge in [0, 0.05) is 12.1 Å². The highest BCUT2D eigenvalue weighted by molar-refractivity contribution is 5.92. The fourth-order valence-electron chi connectivity index (χ4n) is 2.92. The van der Waals surface area contributed by atoms with Crippen LogP contribution in [-0.2, 0) is 22.6 Å². The summed E-state index contributed by atoms with van der Waals surface area (Å²) in [6, 6.07) is 25.2. The van der Waals surface area contributed by atoms with Crippen molar-refractivity contribution in [2.24, 2.45) is 0 Å². The van der Waals surface area contributed by atoms with E-state index >= 15 is 0 Å². The molecular formula is C24H24N2O3. The van der Waals surface area contributed by atoms with Gasteiger partial charge in [0.1, 0.15) is 12.6 Å². The van der Waals surface area contributed by atoms with Crippen LogP contribution < -0.4 is 10.6 Å². The molecule has 2 N–H and O–H groups in total. The second kappa shape index (κ2) is 10.1. The van der Waals surface area contributed by atoms with Gasteiger partial charge >= 0.3 is 12.0 Å². The first-order valence-corrected chi connectivity index (χ1v) is 9.49. The third-order valence-electron chi connectivity index (χ3n) is 4.37. The van der Waals surface area contributed by atoms with Crippen LogP contribution >= 0.6 is 0 Å². The summed E-state index contributed by atoms with van der Waals surface area (Å²) in [5, 5.41) is 5.51. The predicted octanol–water partition coefficient (Wildman–Crippen LogP) is 4.47. The second-order valence-corrected chi connectivity index (χ2v) is 6.80. The number of esters is 1. The monoisotopic (exact) mass is 388 g/mol. The minimum Gasteiger partial charge on any atom is -0.459 e. The average molecular weight is 388 g/mol. The zero-order valence-corrected chi connectivity index (χ0v) is 16.3. The number of benzene rings is 3. The summed E-state index contributed by atoms with van der Waals surface area (Å²) in [6.07, 6.45) is 0.343. The number of anilines is 1. The Balaban J connectivity index is 1.66. The lowest BCUT2D eigenvalue weighted by molar-refractivity contribution is -0.147. The molecule has 0 aromatic heterocycles. The summed E-state index contributed by atoms with van der Waals surface area (Å²) < 4.78 is 5.45. The van der Waals surface area contributed by atoms with E-state index in [0.717, 1.165) is 16.7 Å². The van der Waals surface area contributed by atoms with E-state index in [4.69, 9.17) is 4.74 Å². The van der Waals surface area contributed by atoms with Crippen LogP contribution in [0, 0.1) is 6.92 Å². The number of hydrogen-bond acceptors (Lipinski definition) is 3. The second-order valence-electron chi connectivity index (χ2n) is 6.80. The van der Waals surface area contributed by atoms with Crippen molar-refractivity contribution in [2.45, 2.75) is 26.0 Å². The molecule has 0 unspecified atom stereocenters. The predicted molar refractivity (Wildman–Crippen MR) is 114 cm³/mol. The topological polar surface area (TPSA) is 67.4 Å². The molecule has 3 aromatic carbocycles. The summed E-state index contributed by atoms with van der Waals surface area (Å²) in [5.74, 6) is -0.475. The Labute approximate surface area is 170 Å². The summed E-state index contributed by atoms with van der Waals surface area (Å²) in [7, 11) is 0. The van der Waals surface area contributed by atoms with Crippen molar-refractivity contribution in [1.82, 2.24) is 5.32 Å². The van der Waals surface area contributed by atoms with Crippen LogP contribution in [0.25, 0.3) is 0 Å². The highest BCUT2D eigenvalue weighted by atomic mass is 16.5. The van der Waals surface area contributed by atoms with E-state index in [0.29, 0.717) is 12.1 Å². The lowest BCUT2D eigenvalue weighted by Gasteiger charge is -2.18. The number of nitrogens with one attached hydrogen (secondary N) is 2. The van der Waals surface area contributed by atoms with Gasteiger partial charge < -0.3 is 15.4 Å². The fourth-order valence-corrected chi connectivity index (χ4v) is 2.92. The van der Waals surface area contributed by atoms with Crippen LogP contribution in [0.15, 0.2) is 84.9 Å². The molecule has 3 aromatic rings. The van der Waals surface area contributed by atoms with Crippen molar-refractivity contribution in [1.29, 1.82) is 0 Å². The molecule has 0 aliphatic rings. The number of carbonyl (C=O) groups excluding carboxylic acids is 2. The molecule has 0 saturated heterocycles. The van der Waals surface area contributed by atoms with E-state index in [2.05, 4.69) is 10.6 Å². The van der Waals surface area contributed by atoms with Crippen molar-refractivity contribution >= 4 is 17.7 Å². The highest BCUT2D eigenvalue weighted by Gasteiger charge is 2.23. The Morgan fingerprint density at radius 1 is 0.862 bits per heavy atom. The Morgan fingerprint density at radius 2 is 1.52 bits per heavy atom. The van der Waals surface area contributed by atoms with Gasteiger partial charge in [0.2, 0.25) is 0 Å². The third kappa shape index (κ3) is 6.50. The first-order chi connectivity index (χ1) is 14.1. The Bertz CT molecular complexity index is 943. The Kier molecular flexibility index (Phi) is 7.00. The van der Waals surface area contributed by atoms with E-state index in [-0.39, 0.29) is 6.61 Å². The van der Waals surface area contributed by atoms with Gasteiger partial charge in [-0.2, -0.15) is 0 Å². The van der Waals surface area contributed by atoms with E-state index in [9.17, 15) is 9.59 Å². The van der Waals surface area contributed by atoms with E-state index in [1.54, 1.807) is 6.07 Å². The van der Waals surface area contributed by atoms with Crippen molar-refractivity contribution in [3.05, 3.63) is 102 Å². The van der Waals surface area contributed by atoms with E-state index in [1.165, 1.54) is 0 Å². The average Bonchev–Trinajstić information content (AvgIpc) is 2.73. The molecule has 1 atom stereocenters. The molecule has 0 heterocycles. The number of carbonyl (C=O) groups is 2. The van der Waals surface area contributed by atoms with E-state index < -0.39 is 18.0 Å². The van der Waals surface area contributed by atoms with Crippen LogP contribution in [-0.4, -0.2) is 18.0 Å². The minimum atomic E-state index is -0.800. The molecule has 0 bridgehead atoms. The zero-order chi connectivity index (χ0) is 20.5. The molecule has 29 heavy (non-hydrogen) atoms. The standard InChI is InChI=1S/C24H24N2O3/c1-18-9-8-14-21(15-18)25-24(28)26-22(16-19-10-4-2-5-11-19)23(27)29-17-20-12-6-3-7-13-20/h2-15,22H,16-17H2,1H3,(H2,25,26,28)/t22-/m0/s1. The van der Waals surface area contributed by atoms with Gasteiger partial charge in [0.25, 0.3) is 0 Å². The Morgan fingerprint density at radius 3 is 2.17 bits per heavy atom. The van der Waals surface area contributed by atoms with Crippen LogP contribution in [0.1, 0.15) is 16.7 Å². The minimum absolute atomic E-state index is 0.159. The number of amides is 2. The van der Waals surface area contributed by atoms with Gasteiger partial charge in [-0.15, -0.1) is 0 Å². The summed E-state index contributed by atoms with van der Waals surface area (Å²) >= 11 is 0. The SMILES string of the molecule is Cc1cccc(NC(=O)N[C@@H](Cc2ccccc2)C(=O)OCc2ccccc2)c1. The molecule has 0 spiro atoms. The maximum absolute atomic E-state index is 12.7. The molecule has 0 saturated carbocycles. The van der Waals surface area contributed by atoms with Gasteiger partial charge in [0.05, 0.1) is 0 Å². The molecular weight excluding hydrogens is 364 g/mol. The molecule has 5 nitrogen and oxygen atoms in total. The summed E-state index contributed by atoms with van der Waals surface area (Å²) in [6.45, 7) is 2.11. The maximum atomic E-state index is 12.7. The molecule has 3 rings (SSSR count). The van der Waals surface area contributed by atoms with E-state index in [1.807, 2.05) is 85.8 Å². The van der Waals surface area contributed by atoms with Gasteiger partial charge in [-0.25, -0.2) is 9.59 Å². The highest BCUT2D eigenvalue weighted by Crippen LogP contribution is 2.11. The molecule has 2 amide bonds. The zero-order valence-electron chi connectivity index (χ0n) is 16.3. The molecule has 5 heteroatoms. The number of aryl methyl sites for hydroxylation is 1. The molecule has 0 fully saturated rings. The Hall–Kier alpha value is -3.60. The quantitative estimate of drug-likeness (QED) is 0.587. The van der Waals surface area contributed by atoms with Crippen molar-refractivity contribution in [3.8, 4) is 0 Å². The summed E-state index contributed by atoms with van der Waals surface area (Å²) in [4.78, 5) is 25.2. The molecule has 0 aliphatic carbocycles. The number of rotatable bonds is 7. The van der Waals surface area contributed by atoms with Crippen LogP contribution in [0.3, 0.4) is 0 Å². The van der Waals surface area contributed by atoms with Gasteiger partial charge in [-0.3, -0.25) is 0 Å². The van der Waals surface area contributed by atoms with Crippen LogP contribution in [0.2, 0.25) is 0 Å². The molecule has 148 valence electrons. The fraction of sp³-hybridized carbons (Fsp3) is 0.167. The molecule has 0 radical (unpaired) electrons. The van der Waals surface area contributed by atoms with Crippen molar-refractivity contribution in [3.63, 3.8) is 0 Å². The normalized spacial score (nSPS) is 11.3. The smallest absolute Gasteiger partial charge is 0.329 e. The van der Waals surface area contributed by atoms with Gasteiger partial charge in [-0.05, 0) is 35.7 Å². The van der Waals surface area contributed by atoms with Crippen LogP contribution in [0.5, 0.6) is 0 Å². The number of urea groups is 1. The lowest BCUT2D eigenvalue weighted by Crippen LogP contribution is -2.45. The van der Waals surface area contributed by atoms with Crippen molar-refractivity contribution in [2.75, 3.05) is 5.32 Å². The van der Waals surface area contributed by atoms with Crippen LogP contribution in [0.4, 0.5) is 10.5 Å². The van der Waals surface area contributed by atoms with Gasteiger partial charge in [-0.1, -0.05) is 72.8 Å². The number of hydrogen-bond donors (Lipinski definition) is 2. The number of ether oxygens (including phenoxy) is 1. The van der Waals surface area contributed by atoms with Crippen molar-refractivity contribution < 1.29 is 14.3 Å². The third-order valence-corrected chi connectivity index (χ3v) is 4.37. The first-order valence-electron chi connectivity index (χ1n) is 9.49. The first kappa shape index (κ1) is 20.1. The van der Waals surface area contributed by atoms with Gasteiger partial charge in [0.15, 0.2) is 0 Å².